The van der Waals surface area contributed by atoms with Gasteiger partial charge in [0.05, 0.1) is 12.5 Å². The van der Waals surface area contributed by atoms with Gasteiger partial charge in [0.2, 0.25) is 0 Å². The molecule has 0 aromatic carbocycles. The minimum Gasteiger partial charge on any atom is -0.436 e. The van der Waals surface area contributed by atoms with E-state index >= 15 is 0 Å². The lowest BCUT2D eigenvalue weighted by atomic mass is 9.94. The highest BCUT2D eigenvalue weighted by Gasteiger charge is 2.41. The third kappa shape index (κ3) is 3.09. The molecule has 0 heterocycles. The molecule has 2 aliphatic rings. The molecule has 0 radical (unpaired) electrons. The van der Waals surface area contributed by atoms with Gasteiger partial charge < -0.3 is 9.47 Å². The standard InChI is InChI=1S/C14H22O3/c1-3-4-7-16-10(2)17-14(15)13-9-11-5-6-12(13)8-11/h5-6,10-13H,3-4,7-9H2,1-2H3. The minimum absolute atomic E-state index is 0.0715. The number of carbonyl (C=O) groups excluding carboxylic acids is 1. The van der Waals surface area contributed by atoms with Crippen molar-refractivity contribution in [3.05, 3.63) is 12.2 Å². The topological polar surface area (TPSA) is 35.5 Å². The molecule has 0 aromatic heterocycles. The summed E-state index contributed by atoms with van der Waals surface area (Å²) < 4.78 is 10.8. The molecule has 0 amide bonds. The van der Waals surface area contributed by atoms with Gasteiger partial charge in [0.25, 0.3) is 0 Å². The second kappa shape index (κ2) is 5.67. The number of rotatable bonds is 6. The molecular weight excluding hydrogens is 216 g/mol. The summed E-state index contributed by atoms with van der Waals surface area (Å²) in [5.41, 5.74) is 0. The molecule has 0 aliphatic heterocycles. The van der Waals surface area contributed by atoms with E-state index < -0.39 is 6.29 Å². The fourth-order valence-electron chi connectivity index (χ4n) is 2.73. The Labute approximate surface area is 103 Å². The van der Waals surface area contributed by atoms with Crippen LogP contribution in [0.1, 0.15) is 39.5 Å². The summed E-state index contributed by atoms with van der Waals surface area (Å²) in [6.07, 6.45) is 8.19. The summed E-state index contributed by atoms with van der Waals surface area (Å²) in [6.45, 7) is 4.58. The monoisotopic (exact) mass is 238 g/mol. The summed E-state index contributed by atoms with van der Waals surface area (Å²) in [5, 5.41) is 0. The van der Waals surface area contributed by atoms with Gasteiger partial charge in [-0.15, -0.1) is 0 Å². The van der Waals surface area contributed by atoms with Gasteiger partial charge >= 0.3 is 5.97 Å². The number of hydrogen-bond acceptors (Lipinski definition) is 3. The highest BCUT2D eigenvalue weighted by Crippen LogP contribution is 2.43. The molecule has 0 N–H and O–H groups in total. The van der Waals surface area contributed by atoms with Gasteiger partial charge in [0, 0.05) is 0 Å². The van der Waals surface area contributed by atoms with Crippen molar-refractivity contribution in [2.75, 3.05) is 6.61 Å². The fraction of sp³-hybridized carbons (Fsp3) is 0.786. The Hall–Kier alpha value is -0.830. The molecule has 0 spiro atoms. The number of carbonyl (C=O) groups is 1. The smallest absolute Gasteiger partial charge is 0.311 e. The minimum atomic E-state index is -0.405. The first kappa shape index (κ1) is 12.6. The average molecular weight is 238 g/mol. The average Bonchev–Trinajstić information content (AvgIpc) is 2.91. The van der Waals surface area contributed by atoms with Crippen molar-refractivity contribution in [2.24, 2.45) is 17.8 Å². The number of allylic oxidation sites excluding steroid dienone is 2. The number of unbranched alkanes of at least 4 members (excludes halogenated alkanes) is 1. The molecule has 0 aromatic rings. The van der Waals surface area contributed by atoms with Crippen LogP contribution in [-0.4, -0.2) is 18.9 Å². The van der Waals surface area contributed by atoms with Crippen molar-refractivity contribution >= 4 is 5.97 Å². The summed E-state index contributed by atoms with van der Waals surface area (Å²) in [6, 6.07) is 0. The molecule has 2 aliphatic carbocycles. The molecule has 96 valence electrons. The predicted octanol–water partition coefficient (Wildman–Crippen LogP) is 2.90. The molecule has 2 rings (SSSR count). The van der Waals surface area contributed by atoms with Crippen LogP contribution in [0.2, 0.25) is 0 Å². The third-order valence-electron chi connectivity index (χ3n) is 3.71. The molecular formula is C14H22O3. The highest BCUT2D eigenvalue weighted by atomic mass is 16.7. The molecule has 1 fully saturated rings. The highest BCUT2D eigenvalue weighted by molar-refractivity contribution is 5.74. The molecule has 17 heavy (non-hydrogen) atoms. The second-order valence-electron chi connectivity index (χ2n) is 5.12. The van der Waals surface area contributed by atoms with Crippen LogP contribution >= 0.6 is 0 Å². The lowest BCUT2D eigenvalue weighted by molar-refractivity contribution is -0.180. The predicted molar refractivity (Wildman–Crippen MR) is 65.3 cm³/mol. The number of fused-ring (bicyclic) bond motifs is 2. The Morgan fingerprint density at radius 2 is 2.24 bits per heavy atom. The molecule has 3 heteroatoms. The van der Waals surface area contributed by atoms with E-state index in [9.17, 15) is 4.79 Å². The molecule has 4 atom stereocenters. The van der Waals surface area contributed by atoms with Crippen LogP contribution in [0.5, 0.6) is 0 Å². The van der Waals surface area contributed by atoms with Crippen molar-refractivity contribution in [1.29, 1.82) is 0 Å². The van der Waals surface area contributed by atoms with E-state index in [-0.39, 0.29) is 11.9 Å². The summed E-state index contributed by atoms with van der Waals surface area (Å²) >= 11 is 0. The van der Waals surface area contributed by atoms with Crippen LogP contribution in [0.15, 0.2) is 12.2 Å². The van der Waals surface area contributed by atoms with Crippen molar-refractivity contribution < 1.29 is 14.3 Å². The maximum absolute atomic E-state index is 11.9. The van der Waals surface area contributed by atoms with E-state index in [4.69, 9.17) is 9.47 Å². The molecule has 0 saturated heterocycles. The molecule has 4 unspecified atom stereocenters. The summed E-state index contributed by atoms with van der Waals surface area (Å²) in [5.74, 6) is 1.01. The largest absolute Gasteiger partial charge is 0.436 e. The maximum atomic E-state index is 11.9. The third-order valence-corrected chi connectivity index (χ3v) is 3.71. The first-order valence-corrected chi connectivity index (χ1v) is 6.71. The van der Waals surface area contributed by atoms with Gasteiger partial charge in [0.1, 0.15) is 0 Å². The normalized spacial score (nSPS) is 31.8. The van der Waals surface area contributed by atoms with Crippen LogP contribution in [0.3, 0.4) is 0 Å². The van der Waals surface area contributed by atoms with E-state index in [1.54, 1.807) is 6.92 Å². The fourth-order valence-corrected chi connectivity index (χ4v) is 2.73. The van der Waals surface area contributed by atoms with Gasteiger partial charge in [-0.3, -0.25) is 4.79 Å². The Balaban J connectivity index is 1.72. The summed E-state index contributed by atoms with van der Waals surface area (Å²) in [4.78, 5) is 11.9. The Bertz CT molecular complexity index is 298. The number of hydrogen-bond donors (Lipinski definition) is 0. The van der Waals surface area contributed by atoms with Gasteiger partial charge in [-0.25, -0.2) is 0 Å². The van der Waals surface area contributed by atoms with Gasteiger partial charge in [-0.05, 0) is 38.0 Å². The Morgan fingerprint density at radius 3 is 2.82 bits per heavy atom. The molecule has 2 bridgehead atoms. The zero-order chi connectivity index (χ0) is 12.3. The summed E-state index contributed by atoms with van der Waals surface area (Å²) in [7, 11) is 0. The lowest BCUT2D eigenvalue weighted by Gasteiger charge is -2.20. The van der Waals surface area contributed by atoms with E-state index in [2.05, 4.69) is 19.1 Å². The van der Waals surface area contributed by atoms with Crippen LogP contribution in [0, 0.1) is 17.8 Å². The van der Waals surface area contributed by atoms with Crippen molar-refractivity contribution in [1.82, 2.24) is 0 Å². The first-order chi connectivity index (χ1) is 8.20. The second-order valence-corrected chi connectivity index (χ2v) is 5.12. The SMILES string of the molecule is CCCCOC(C)OC(=O)C1CC2C=CC1C2. The van der Waals surface area contributed by atoms with Crippen LogP contribution in [-0.2, 0) is 14.3 Å². The molecule has 1 saturated carbocycles. The van der Waals surface area contributed by atoms with Crippen molar-refractivity contribution in [3.63, 3.8) is 0 Å². The van der Waals surface area contributed by atoms with Gasteiger partial charge in [-0.1, -0.05) is 25.5 Å². The Morgan fingerprint density at radius 1 is 1.41 bits per heavy atom. The van der Waals surface area contributed by atoms with E-state index in [1.807, 2.05) is 0 Å². The van der Waals surface area contributed by atoms with E-state index in [0.29, 0.717) is 18.4 Å². The van der Waals surface area contributed by atoms with Gasteiger partial charge in [-0.2, -0.15) is 0 Å². The van der Waals surface area contributed by atoms with E-state index in [1.165, 1.54) is 0 Å². The zero-order valence-corrected chi connectivity index (χ0v) is 10.7. The molecule has 3 nitrogen and oxygen atoms in total. The van der Waals surface area contributed by atoms with E-state index in [0.717, 1.165) is 25.7 Å². The number of ether oxygens (including phenoxy) is 2. The van der Waals surface area contributed by atoms with Crippen LogP contribution in [0.4, 0.5) is 0 Å². The van der Waals surface area contributed by atoms with Crippen LogP contribution in [0.25, 0.3) is 0 Å². The quantitative estimate of drug-likeness (QED) is 0.309. The van der Waals surface area contributed by atoms with Crippen molar-refractivity contribution in [2.45, 2.75) is 45.8 Å². The lowest BCUT2D eigenvalue weighted by Crippen LogP contribution is -2.27. The number of esters is 1. The van der Waals surface area contributed by atoms with Gasteiger partial charge in [0.15, 0.2) is 6.29 Å². The van der Waals surface area contributed by atoms with Crippen molar-refractivity contribution in [3.8, 4) is 0 Å². The zero-order valence-electron chi connectivity index (χ0n) is 10.7. The maximum Gasteiger partial charge on any atom is 0.311 e. The van der Waals surface area contributed by atoms with Crippen LogP contribution < -0.4 is 0 Å². The first-order valence-electron chi connectivity index (χ1n) is 6.71. The Kier molecular flexibility index (Phi) is 4.21.